The van der Waals surface area contributed by atoms with Gasteiger partial charge in [0, 0.05) is 7.11 Å². The Bertz CT molecular complexity index is 958. The number of aromatic hydroxyl groups is 1. The standard InChI is InChI=1S/C25H28O6/c1-30-17-21-12-19(11-20(13-21)16-26)6-4-8-23(28)15-22(27)7-3-5-18-9-10-24(29)25(14-18)31-2/h3-4,7-14,26,29H,5-6,15-17H2,1-2H3/b7-3+,8-4+. The number of phenols is 1. The van der Waals surface area contributed by atoms with Crippen molar-refractivity contribution in [1.82, 2.24) is 0 Å². The molecule has 2 N–H and O–H groups in total. The summed E-state index contributed by atoms with van der Waals surface area (Å²) in [7, 11) is 3.08. The van der Waals surface area contributed by atoms with Crippen LogP contribution in [0, 0.1) is 0 Å². The molecule has 2 aromatic carbocycles. The molecule has 0 aliphatic rings. The third kappa shape index (κ3) is 8.20. The lowest BCUT2D eigenvalue weighted by Crippen LogP contribution is -2.02. The molecule has 2 aromatic rings. The molecule has 6 heteroatoms. The van der Waals surface area contributed by atoms with Crippen molar-refractivity contribution in [2.45, 2.75) is 32.5 Å². The molecule has 0 radical (unpaired) electrons. The fourth-order valence-corrected chi connectivity index (χ4v) is 3.09. The summed E-state index contributed by atoms with van der Waals surface area (Å²) >= 11 is 0. The molecule has 31 heavy (non-hydrogen) atoms. The first kappa shape index (κ1) is 24.1. The molecule has 0 aromatic heterocycles. The topological polar surface area (TPSA) is 93.1 Å². The second-order valence-electron chi connectivity index (χ2n) is 7.08. The second kappa shape index (κ2) is 12.5. The van der Waals surface area contributed by atoms with E-state index >= 15 is 0 Å². The van der Waals surface area contributed by atoms with Gasteiger partial charge in [-0.3, -0.25) is 9.59 Å². The Balaban J connectivity index is 1.85. The van der Waals surface area contributed by atoms with E-state index in [1.807, 2.05) is 18.2 Å². The van der Waals surface area contributed by atoms with E-state index in [0.29, 0.717) is 25.2 Å². The summed E-state index contributed by atoms with van der Waals surface area (Å²) in [5, 5.41) is 19.0. The van der Waals surface area contributed by atoms with Gasteiger partial charge in [0.05, 0.1) is 26.7 Å². The van der Waals surface area contributed by atoms with Gasteiger partial charge in [-0.15, -0.1) is 0 Å². The molecule has 0 bridgehead atoms. The Hall–Kier alpha value is -3.22. The van der Waals surface area contributed by atoms with Gasteiger partial charge in [-0.1, -0.05) is 36.4 Å². The van der Waals surface area contributed by atoms with Gasteiger partial charge < -0.3 is 19.7 Å². The van der Waals surface area contributed by atoms with Crippen LogP contribution in [-0.4, -0.2) is 36.0 Å². The highest BCUT2D eigenvalue weighted by atomic mass is 16.5. The highest BCUT2D eigenvalue weighted by Crippen LogP contribution is 2.26. The molecule has 0 aliphatic heterocycles. The summed E-state index contributed by atoms with van der Waals surface area (Å²) in [5.41, 5.74) is 3.58. The van der Waals surface area contributed by atoms with E-state index in [2.05, 4.69) is 0 Å². The van der Waals surface area contributed by atoms with E-state index in [0.717, 1.165) is 22.3 Å². The van der Waals surface area contributed by atoms with Crippen molar-refractivity contribution in [3.63, 3.8) is 0 Å². The van der Waals surface area contributed by atoms with Crippen LogP contribution < -0.4 is 4.74 Å². The molecule has 0 aliphatic carbocycles. The number of ketones is 2. The van der Waals surface area contributed by atoms with Gasteiger partial charge in [0.25, 0.3) is 0 Å². The number of ether oxygens (including phenoxy) is 2. The summed E-state index contributed by atoms with van der Waals surface area (Å²) in [6, 6.07) is 10.7. The van der Waals surface area contributed by atoms with Crippen LogP contribution in [0.25, 0.3) is 0 Å². The van der Waals surface area contributed by atoms with Gasteiger partial charge in [-0.25, -0.2) is 0 Å². The van der Waals surface area contributed by atoms with Crippen molar-refractivity contribution in [2.24, 2.45) is 0 Å². The number of hydrogen-bond donors (Lipinski definition) is 2. The highest BCUT2D eigenvalue weighted by molar-refractivity contribution is 6.08. The highest BCUT2D eigenvalue weighted by Gasteiger charge is 2.05. The van der Waals surface area contributed by atoms with E-state index in [4.69, 9.17) is 9.47 Å². The number of methoxy groups -OCH3 is 2. The van der Waals surface area contributed by atoms with Gasteiger partial charge in [0.1, 0.15) is 0 Å². The number of aliphatic hydroxyl groups excluding tert-OH is 1. The van der Waals surface area contributed by atoms with Crippen LogP contribution in [0.2, 0.25) is 0 Å². The number of carbonyl (C=O) groups is 2. The molecule has 0 heterocycles. The monoisotopic (exact) mass is 424 g/mol. The summed E-state index contributed by atoms with van der Waals surface area (Å²) in [6.45, 7) is 0.381. The fourth-order valence-electron chi connectivity index (χ4n) is 3.09. The zero-order valence-corrected chi connectivity index (χ0v) is 17.8. The lowest BCUT2D eigenvalue weighted by Gasteiger charge is -2.06. The van der Waals surface area contributed by atoms with Crippen LogP contribution in [0.15, 0.2) is 60.7 Å². The molecule has 0 saturated heterocycles. The summed E-state index contributed by atoms with van der Waals surface area (Å²) < 4.78 is 10.2. The van der Waals surface area contributed by atoms with E-state index in [1.165, 1.54) is 25.3 Å². The van der Waals surface area contributed by atoms with Crippen molar-refractivity contribution in [1.29, 1.82) is 0 Å². The average molecular weight is 424 g/mol. The third-order valence-corrected chi connectivity index (χ3v) is 4.51. The minimum atomic E-state index is -0.273. The largest absolute Gasteiger partial charge is 0.504 e. The SMILES string of the molecule is COCc1cc(CO)cc(C/C=C/C(=O)CC(=O)/C=C/Cc2ccc(O)c(OC)c2)c1. The molecule has 164 valence electrons. The molecular formula is C25H28O6. The maximum atomic E-state index is 12.0. The van der Waals surface area contributed by atoms with Gasteiger partial charge in [-0.05, 0) is 59.4 Å². The number of carbonyl (C=O) groups excluding carboxylic acids is 2. The van der Waals surface area contributed by atoms with Crippen molar-refractivity contribution in [3.05, 3.63) is 83.0 Å². The van der Waals surface area contributed by atoms with Crippen LogP contribution in [0.3, 0.4) is 0 Å². The van der Waals surface area contributed by atoms with Crippen LogP contribution >= 0.6 is 0 Å². The van der Waals surface area contributed by atoms with Crippen molar-refractivity contribution >= 4 is 11.6 Å². The minimum absolute atomic E-state index is 0.0571. The maximum Gasteiger partial charge on any atom is 0.163 e. The number of aliphatic hydroxyl groups is 1. The second-order valence-corrected chi connectivity index (χ2v) is 7.08. The lowest BCUT2D eigenvalue weighted by atomic mass is 10.0. The van der Waals surface area contributed by atoms with E-state index in [9.17, 15) is 19.8 Å². The fraction of sp³-hybridized carbons (Fsp3) is 0.280. The Morgan fingerprint density at radius 1 is 0.871 bits per heavy atom. The van der Waals surface area contributed by atoms with Crippen LogP contribution in [0.4, 0.5) is 0 Å². The zero-order valence-electron chi connectivity index (χ0n) is 17.8. The molecular weight excluding hydrogens is 396 g/mol. The predicted octanol–water partition coefficient (Wildman–Crippen LogP) is 3.47. The minimum Gasteiger partial charge on any atom is -0.504 e. The Morgan fingerprint density at radius 2 is 1.48 bits per heavy atom. The normalized spacial score (nSPS) is 11.3. The molecule has 0 unspecified atom stereocenters. The molecule has 2 rings (SSSR count). The molecule has 0 saturated carbocycles. The van der Waals surface area contributed by atoms with Crippen molar-refractivity contribution < 1.29 is 29.3 Å². The van der Waals surface area contributed by atoms with Crippen LogP contribution in [-0.2, 0) is 40.4 Å². The predicted molar refractivity (Wildman–Crippen MR) is 118 cm³/mol. The number of hydrogen-bond acceptors (Lipinski definition) is 6. The van der Waals surface area contributed by atoms with Gasteiger partial charge >= 0.3 is 0 Å². The van der Waals surface area contributed by atoms with Crippen LogP contribution in [0.1, 0.15) is 28.7 Å². The van der Waals surface area contributed by atoms with Crippen molar-refractivity contribution in [2.75, 3.05) is 14.2 Å². The molecule has 0 fully saturated rings. The average Bonchev–Trinajstić information content (AvgIpc) is 2.75. The quantitative estimate of drug-likeness (QED) is 0.400. The zero-order chi connectivity index (χ0) is 22.6. The molecule has 0 atom stereocenters. The first-order valence-electron chi connectivity index (χ1n) is 9.91. The summed E-state index contributed by atoms with van der Waals surface area (Å²) in [4.78, 5) is 24.1. The first-order valence-corrected chi connectivity index (χ1v) is 9.91. The first-order chi connectivity index (χ1) is 14.9. The number of allylic oxidation sites excluding steroid dienone is 4. The maximum absolute atomic E-state index is 12.0. The number of benzene rings is 2. The Kier molecular flexibility index (Phi) is 9.68. The number of phenolic OH excluding ortho intramolecular Hbond substituents is 1. The van der Waals surface area contributed by atoms with E-state index in [-0.39, 0.29) is 30.3 Å². The van der Waals surface area contributed by atoms with Crippen molar-refractivity contribution in [3.8, 4) is 11.5 Å². The molecule has 0 amide bonds. The summed E-state index contributed by atoms with van der Waals surface area (Å²) in [5.74, 6) is -0.112. The van der Waals surface area contributed by atoms with Gasteiger partial charge in [-0.2, -0.15) is 0 Å². The third-order valence-electron chi connectivity index (χ3n) is 4.51. The Labute approximate surface area is 182 Å². The smallest absolute Gasteiger partial charge is 0.163 e. The molecule has 0 spiro atoms. The summed E-state index contributed by atoms with van der Waals surface area (Å²) in [6.07, 6.45) is 7.01. The number of rotatable bonds is 12. The van der Waals surface area contributed by atoms with E-state index in [1.54, 1.807) is 31.4 Å². The van der Waals surface area contributed by atoms with E-state index < -0.39 is 0 Å². The van der Waals surface area contributed by atoms with Gasteiger partial charge in [0.15, 0.2) is 23.1 Å². The molecule has 6 nitrogen and oxygen atoms in total. The Morgan fingerprint density at radius 3 is 2.10 bits per heavy atom. The van der Waals surface area contributed by atoms with Gasteiger partial charge in [0.2, 0.25) is 0 Å². The lowest BCUT2D eigenvalue weighted by molar-refractivity contribution is -0.121. The van der Waals surface area contributed by atoms with Crippen LogP contribution in [0.5, 0.6) is 11.5 Å².